The van der Waals surface area contributed by atoms with Crippen LogP contribution >= 0.6 is 0 Å². The number of sulfonamides is 1. The van der Waals surface area contributed by atoms with Gasteiger partial charge in [-0.2, -0.15) is 0 Å². The second-order valence-corrected chi connectivity index (χ2v) is 8.43. The molecule has 0 fully saturated rings. The molecule has 0 saturated heterocycles. The van der Waals surface area contributed by atoms with Crippen molar-refractivity contribution in [1.29, 1.82) is 0 Å². The molecule has 0 aliphatic carbocycles. The minimum atomic E-state index is -3.89. The summed E-state index contributed by atoms with van der Waals surface area (Å²) < 4.78 is 45.9. The molecule has 1 atom stereocenters. The number of hydrogen-bond acceptors (Lipinski definition) is 5. The Morgan fingerprint density at radius 2 is 1.95 bits per heavy atom. The van der Waals surface area contributed by atoms with E-state index in [4.69, 9.17) is 5.14 Å². The van der Waals surface area contributed by atoms with Gasteiger partial charge in [0.25, 0.3) is 5.91 Å². The van der Waals surface area contributed by atoms with E-state index in [9.17, 15) is 21.6 Å². The summed E-state index contributed by atoms with van der Waals surface area (Å²) in [6.07, 6.45) is 2.28. The molecule has 3 N–H and O–H groups in total. The zero-order valence-electron chi connectivity index (χ0n) is 11.3. The van der Waals surface area contributed by atoms with Crippen LogP contribution < -0.4 is 10.5 Å². The number of aromatic nitrogens is 1. The molecule has 0 bridgehead atoms. The van der Waals surface area contributed by atoms with E-state index in [2.05, 4.69) is 5.32 Å². The minimum absolute atomic E-state index is 0.0781. The van der Waals surface area contributed by atoms with E-state index in [0.717, 1.165) is 12.3 Å². The number of sulfone groups is 1. The van der Waals surface area contributed by atoms with Crippen LogP contribution in [0.5, 0.6) is 0 Å². The quantitative estimate of drug-likeness (QED) is 0.706. The number of amides is 1. The van der Waals surface area contributed by atoms with E-state index in [0.29, 0.717) is 0 Å². The van der Waals surface area contributed by atoms with E-state index < -0.39 is 31.8 Å². The van der Waals surface area contributed by atoms with E-state index in [1.54, 1.807) is 6.92 Å². The smallest absolute Gasteiger partial charge is 0.268 e. The van der Waals surface area contributed by atoms with Gasteiger partial charge in [-0.25, -0.2) is 22.0 Å². The molecule has 114 valence electrons. The van der Waals surface area contributed by atoms with Gasteiger partial charge in [0, 0.05) is 25.5 Å². The van der Waals surface area contributed by atoms with Gasteiger partial charge in [0.05, 0.1) is 5.75 Å². The summed E-state index contributed by atoms with van der Waals surface area (Å²) >= 11 is 0. The maximum absolute atomic E-state index is 11.9. The lowest BCUT2D eigenvalue weighted by Gasteiger charge is -2.12. The van der Waals surface area contributed by atoms with Crippen LogP contribution in [0.25, 0.3) is 0 Å². The Kier molecular flexibility index (Phi) is 4.62. The van der Waals surface area contributed by atoms with Gasteiger partial charge in [0.15, 0.2) is 0 Å². The molecule has 0 radical (unpaired) electrons. The number of primary sulfonamides is 1. The summed E-state index contributed by atoms with van der Waals surface area (Å²) in [5.41, 5.74) is 0.0781. The average Bonchev–Trinajstić information content (AvgIpc) is 2.56. The maximum atomic E-state index is 11.9. The van der Waals surface area contributed by atoms with Crippen LogP contribution in [0.1, 0.15) is 17.4 Å². The number of hydrogen-bond donors (Lipinski definition) is 2. The number of nitrogens with zero attached hydrogens (tertiary/aromatic N) is 1. The highest BCUT2D eigenvalue weighted by atomic mass is 32.2. The van der Waals surface area contributed by atoms with Gasteiger partial charge in [-0.1, -0.05) is 0 Å². The lowest BCUT2D eigenvalue weighted by atomic mass is 10.3. The van der Waals surface area contributed by atoms with Gasteiger partial charge < -0.3 is 9.88 Å². The third kappa shape index (κ3) is 4.62. The lowest BCUT2D eigenvalue weighted by molar-refractivity contribution is 0.0935. The number of nitrogens with one attached hydrogen (secondary N) is 1. The van der Waals surface area contributed by atoms with Crippen molar-refractivity contribution < 1.29 is 21.6 Å². The van der Waals surface area contributed by atoms with Crippen LogP contribution in [0, 0.1) is 0 Å². The van der Waals surface area contributed by atoms with E-state index in [1.807, 2.05) is 0 Å². The van der Waals surface area contributed by atoms with Crippen LogP contribution in [0.4, 0.5) is 0 Å². The first-order valence-corrected chi connectivity index (χ1v) is 9.18. The van der Waals surface area contributed by atoms with Crippen LogP contribution in [0.15, 0.2) is 17.2 Å². The Balaban J connectivity index is 2.91. The van der Waals surface area contributed by atoms with E-state index >= 15 is 0 Å². The van der Waals surface area contributed by atoms with Crippen LogP contribution in [0.3, 0.4) is 0 Å². The molecule has 1 heterocycles. The molecular formula is C10H17N3O5S2. The normalized spacial score (nSPS) is 14.0. The van der Waals surface area contributed by atoms with Crippen molar-refractivity contribution in [2.75, 3.05) is 12.0 Å². The van der Waals surface area contributed by atoms with Crippen molar-refractivity contribution in [1.82, 2.24) is 9.88 Å². The zero-order valence-corrected chi connectivity index (χ0v) is 13.0. The number of carbonyl (C=O) groups excluding carboxylic acids is 1. The third-order valence-electron chi connectivity index (χ3n) is 2.47. The summed E-state index contributed by atoms with van der Waals surface area (Å²) in [4.78, 5) is 11.8. The summed E-state index contributed by atoms with van der Waals surface area (Å²) in [5, 5.41) is 7.46. The Morgan fingerprint density at radius 1 is 1.40 bits per heavy atom. The van der Waals surface area contributed by atoms with E-state index in [-0.39, 0.29) is 16.3 Å². The van der Waals surface area contributed by atoms with Gasteiger partial charge in [0.2, 0.25) is 10.0 Å². The molecule has 0 aliphatic rings. The monoisotopic (exact) mass is 323 g/mol. The van der Waals surface area contributed by atoms with Crippen LogP contribution in [0.2, 0.25) is 0 Å². The van der Waals surface area contributed by atoms with Crippen molar-refractivity contribution in [2.45, 2.75) is 17.9 Å². The van der Waals surface area contributed by atoms with Crippen molar-refractivity contribution in [3.8, 4) is 0 Å². The van der Waals surface area contributed by atoms with Gasteiger partial charge in [-0.05, 0) is 13.0 Å². The SMILES string of the molecule is CC(CS(C)(=O)=O)NC(=O)c1cc(S(N)(=O)=O)cn1C. The largest absolute Gasteiger partial charge is 0.347 e. The minimum Gasteiger partial charge on any atom is -0.347 e. The van der Waals surface area contributed by atoms with E-state index in [1.165, 1.54) is 17.8 Å². The number of aryl methyl sites for hydroxylation is 1. The number of carbonyl (C=O) groups is 1. The van der Waals surface area contributed by atoms with Gasteiger partial charge >= 0.3 is 0 Å². The summed E-state index contributed by atoms with van der Waals surface area (Å²) in [7, 11) is -5.62. The fourth-order valence-electron chi connectivity index (χ4n) is 1.71. The highest BCUT2D eigenvalue weighted by molar-refractivity contribution is 7.90. The first-order valence-electron chi connectivity index (χ1n) is 5.58. The molecule has 20 heavy (non-hydrogen) atoms. The molecular weight excluding hydrogens is 306 g/mol. The zero-order chi connectivity index (χ0) is 15.7. The molecule has 1 aromatic heterocycles. The Labute approximate surface area is 117 Å². The first kappa shape index (κ1) is 16.7. The third-order valence-corrected chi connectivity index (χ3v) is 4.46. The maximum Gasteiger partial charge on any atom is 0.268 e. The molecule has 1 unspecified atom stereocenters. The molecule has 10 heteroatoms. The Hall–Kier alpha value is -1.39. The van der Waals surface area contributed by atoms with Crippen molar-refractivity contribution in [3.05, 3.63) is 18.0 Å². The molecule has 0 aromatic carbocycles. The highest BCUT2D eigenvalue weighted by Gasteiger charge is 2.19. The van der Waals surface area contributed by atoms with Crippen LogP contribution in [-0.4, -0.2) is 45.4 Å². The molecule has 8 nitrogen and oxygen atoms in total. The van der Waals surface area contributed by atoms with Gasteiger partial charge in [-0.3, -0.25) is 4.79 Å². The molecule has 1 rings (SSSR count). The second-order valence-electron chi connectivity index (χ2n) is 4.68. The predicted octanol–water partition coefficient (Wildman–Crippen LogP) is -1.16. The Bertz CT molecular complexity index is 718. The predicted molar refractivity (Wildman–Crippen MR) is 73.4 cm³/mol. The number of rotatable bonds is 5. The summed E-state index contributed by atoms with van der Waals surface area (Å²) in [6, 6.07) is 0.544. The molecule has 0 spiro atoms. The fraction of sp³-hybridized carbons (Fsp3) is 0.500. The van der Waals surface area contributed by atoms with Gasteiger partial charge in [-0.15, -0.1) is 0 Å². The van der Waals surface area contributed by atoms with Crippen LogP contribution in [-0.2, 0) is 26.9 Å². The highest BCUT2D eigenvalue weighted by Crippen LogP contribution is 2.11. The Morgan fingerprint density at radius 3 is 2.35 bits per heavy atom. The lowest BCUT2D eigenvalue weighted by Crippen LogP contribution is -2.38. The molecule has 0 saturated carbocycles. The van der Waals surface area contributed by atoms with Gasteiger partial charge in [0.1, 0.15) is 20.4 Å². The summed E-state index contributed by atoms with van der Waals surface area (Å²) in [5.74, 6) is -0.774. The first-order chi connectivity index (χ1) is 8.90. The van der Waals surface area contributed by atoms with Crippen molar-refractivity contribution in [2.24, 2.45) is 12.2 Å². The average molecular weight is 323 g/mol. The topological polar surface area (TPSA) is 128 Å². The second kappa shape index (κ2) is 5.54. The molecule has 0 aliphatic heterocycles. The summed E-state index contributed by atoms with van der Waals surface area (Å²) in [6.45, 7) is 1.54. The van der Waals surface area contributed by atoms with Crippen molar-refractivity contribution in [3.63, 3.8) is 0 Å². The standard InChI is InChI=1S/C10H17N3O5S2/c1-7(6-19(3,15)16)12-10(14)9-4-8(5-13(9)2)20(11,17)18/h4-5,7H,6H2,1-3H3,(H,12,14)(H2,11,17,18). The molecule has 1 amide bonds. The fourth-order valence-corrected chi connectivity index (χ4v) is 3.28. The van der Waals surface area contributed by atoms with Crippen molar-refractivity contribution >= 4 is 25.8 Å². The molecule has 1 aromatic rings. The number of nitrogens with two attached hydrogens (primary N) is 1.